The number of carbonyl (C=O) groups excluding carboxylic acids is 1. The molecule has 4 nitrogen and oxygen atoms in total. The molecule has 0 heterocycles. The van der Waals surface area contributed by atoms with Crippen LogP contribution in [0.4, 0.5) is 11.4 Å². The van der Waals surface area contributed by atoms with Crippen LogP contribution in [0.3, 0.4) is 0 Å². The van der Waals surface area contributed by atoms with Crippen molar-refractivity contribution in [2.45, 2.75) is 45.1 Å². The molecule has 1 aromatic rings. The Morgan fingerprint density at radius 3 is 2.90 bits per heavy atom. The molecule has 1 fully saturated rings. The van der Waals surface area contributed by atoms with Crippen LogP contribution in [-0.2, 0) is 4.79 Å². The summed E-state index contributed by atoms with van der Waals surface area (Å²) in [5.41, 5.74) is 1.75. The first-order valence-electron chi connectivity index (χ1n) is 7.48. The Hall–Kier alpha value is -1.55. The predicted octanol–water partition coefficient (Wildman–Crippen LogP) is 3.00. The molecule has 0 aliphatic heterocycles. The van der Waals surface area contributed by atoms with Crippen molar-refractivity contribution in [3.8, 4) is 0 Å². The highest BCUT2D eigenvalue weighted by Gasteiger charge is 2.20. The van der Waals surface area contributed by atoms with E-state index in [0.717, 1.165) is 17.3 Å². The summed E-state index contributed by atoms with van der Waals surface area (Å²) in [7, 11) is 0. The Kier molecular flexibility index (Phi) is 5.41. The van der Waals surface area contributed by atoms with Gasteiger partial charge in [-0.25, -0.2) is 0 Å². The van der Waals surface area contributed by atoms with Crippen LogP contribution in [0.2, 0.25) is 0 Å². The molecule has 20 heavy (non-hydrogen) atoms. The van der Waals surface area contributed by atoms with Gasteiger partial charge in [-0.2, -0.15) is 0 Å². The quantitative estimate of drug-likeness (QED) is 0.774. The lowest BCUT2D eigenvalue weighted by Crippen LogP contribution is -2.27. The van der Waals surface area contributed by atoms with Gasteiger partial charge in [-0.1, -0.05) is 32.3 Å². The number of aliphatic hydroxyl groups excluding tert-OH is 1. The zero-order chi connectivity index (χ0) is 14.4. The van der Waals surface area contributed by atoms with E-state index in [1.807, 2.05) is 24.3 Å². The van der Waals surface area contributed by atoms with E-state index in [4.69, 9.17) is 5.11 Å². The summed E-state index contributed by atoms with van der Waals surface area (Å²) >= 11 is 0. The third-order valence-corrected chi connectivity index (χ3v) is 4.02. The Bertz CT molecular complexity index is 448. The summed E-state index contributed by atoms with van der Waals surface area (Å²) in [5, 5.41) is 15.0. The van der Waals surface area contributed by atoms with Gasteiger partial charge in [0.15, 0.2) is 0 Å². The smallest absolute Gasteiger partial charge is 0.250 e. The van der Waals surface area contributed by atoms with Gasteiger partial charge in [-0.3, -0.25) is 4.79 Å². The molecule has 4 heteroatoms. The maximum Gasteiger partial charge on any atom is 0.250 e. The first kappa shape index (κ1) is 14.9. The first-order valence-corrected chi connectivity index (χ1v) is 7.48. The SMILES string of the molecule is CCC1CCCC(Nc2cccc(NC(=O)CO)c2)C1. The van der Waals surface area contributed by atoms with Crippen molar-refractivity contribution < 1.29 is 9.90 Å². The number of anilines is 2. The van der Waals surface area contributed by atoms with Crippen LogP contribution in [0.15, 0.2) is 24.3 Å². The molecular formula is C16H24N2O2. The van der Waals surface area contributed by atoms with Gasteiger partial charge in [-0.15, -0.1) is 0 Å². The summed E-state index contributed by atoms with van der Waals surface area (Å²) in [6, 6.07) is 8.20. The molecule has 1 aromatic carbocycles. The normalized spacial score (nSPS) is 22.3. The van der Waals surface area contributed by atoms with Gasteiger partial charge in [0.2, 0.25) is 5.91 Å². The Balaban J connectivity index is 1.95. The number of rotatable bonds is 5. The van der Waals surface area contributed by atoms with Crippen molar-refractivity contribution in [1.82, 2.24) is 0 Å². The zero-order valence-corrected chi connectivity index (χ0v) is 12.1. The van der Waals surface area contributed by atoms with E-state index in [-0.39, 0.29) is 5.91 Å². The van der Waals surface area contributed by atoms with Crippen LogP contribution in [0.25, 0.3) is 0 Å². The van der Waals surface area contributed by atoms with Gasteiger partial charge in [0.25, 0.3) is 0 Å². The van der Waals surface area contributed by atoms with Crippen LogP contribution in [0, 0.1) is 5.92 Å². The van der Waals surface area contributed by atoms with E-state index in [9.17, 15) is 4.79 Å². The molecule has 3 N–H and O–H groups in total. The molecule has 1 amide bonds. The molecular weight excluding hydrogens is 252 g/mol. The largest absolute Gasteiger partial charge is 0.387 e. The van der Waals surface area contributed by atoms with Crippen molar-refractivity contribution in [3.63, 3.8) is 0 Å². The van der Waals surface area contributed by atoms with E-state index in [1.165, 1.54) is 32.1 Å². The van der Waals surface area contributed by atoms with E-state index in [2.05, 4.69) is 17.6 Å². The van der Waals surface area contributed by atoms with Crippen molar-refractivity contribution in [2.24, 2.45) is 5.92 Å². The van der Waals surface area contributed by atoms with Gasteiger partial charge in [-0.05, 0) is 37.0 Å². The lowest BCUT2D eigenvalue weighted by molar-refractivity contribution is -0.118. The van der Waals surface area contributed by atoms with Crippen molar-refractivity contribution in [2.75, 3.05) is 17.2 Å². The maximum atomic E-state index is 11.2. The van der Waals surface area contributed by atoms with Crippen LogP contribution >= 0.6 is 0 Å². The molecule has 0 aromatic heterocycles. The number of aliphatic hydroxyl groups is 1. The monoisotopic (exact) mass is 276 g/mol. The summed E-state index contributed by atoms with van der Waals surface area (Å²) in [6.45, 7) is 1.77. The second kappa shape index (κ2) is 7.29. The van der Waals surface area contributed by atoms with Gasteiger partial charge >= 0.3 is 0 Å². The predicted molar refractivity (Wildman–Crippen MR) is 81.8 cm³/mol. The van der Waals surface area contributed by atoms with E-state index in [1.54, 1.807) is 0 Å². The fourth-order valence-corrected chi connectivity index (χ4v) is 2.92. The molecule has 2 atom stereocenters. The Morgan fingerprint density at radius 1 is 1.35 bits per heavy atom. The minimum atomic E-state index is -0.488. The lowest BCUT2D eigenvalue weighted by atomic mass is 9.84. The number of hydrogen-bond acceptors (Lipinski definition) is 3. The van der Waals surface area contributed by atoms with Crippen molar-refractivity contribution in [3.05, 3.63) is 24.3 Å². The highest BCUT2D eigenvalue weighted by molar-refractivity contribution is 5.91. The topological polar surface area (TPSA) is 61.4 Å². The third kappa shape index (κ3) is 4.23. The summed E-state index contributed by atoms with van der Waals surface area (Å²) in [6.07, 6.45) is 6.33. The second-order valence-corrected chi connectivity index (χ2v) is 5.57. The fourth-order valence-electron chi connectivity index (χ4n) is 2.92. The molecule has 2 unspecified atom stereocenters. The van der Waals surface area contributed by atoms with E-state index < -0.39 is 6.61 Å². The zero-order valence-electron chi connectivity index (χ0n) is 12.1. The Labute approximate surface area is 120 Å². The first-order chi connectivity index (χ1) is 9.71. The second-order valence-electron chi connectivity index (χ2n) is 5.57. The van der Waals surface area contributed by atoms with E-state index in [0.29, 0.717) is 6.04 Å². The van der Waals surface area contributed by atoms with Gasteiger partial charge in [0, 0.05) is 17.4 Å². The fraction of sp³-hybridized carbons (Fsp3) is 0.562. The minimum Gasteiger partial charge on any atom is -0.387 e. The highest BCUT2D eigenvalue weighted by atomic mass is 16.3. The molecule has 0 spiro atoms. The minimum absolute atomic E-state index is 0.383. The number of carbonyl (C=O) groups is 1. The van der Waals surface area contributed by atoms with Crippen LogP contribution in [0.1, 0.15) is 39.0 Å². The van der Waals surface area contributed by atoms with Crippen molar-refractivity contribution in [1.29, 1.82) is 0 Å². The molecule has 1 aliphatic rings. The number of amides is 1. The van der Waals surface area contributed by atoms with Gasteiger partial charge < -0.3 is 15.7 Å². The third-order valence-electron chi connectivity index (χ3n) is 4.02. The lowest BCUT2D eigenvalue weighted by Gasteiger charge is -2.30. The summed E-state index contributed by atoms with van der Waals surface area (Å²) in [5.74, 6) is 0.449. The highest BCUT2D eigenvalue weighted by Crippen LogP contribution is 2.29. The molecule has 0 radical (unpaired) electrons. The van der Waals surface area contributed by atoms with Crippen LogP contribution in [-0.4, -0.2) is 23.7 Å². The molecule has 0 bridgehead atoms. The maximum absolute atomic E-state index is 11.2. The van der Waals surface area contributed by atoms with Gasteiger partial charge in [0.1, 0.15) is 6.61 Å². The Morgan fingerprint density at radius 2 is 2.15 bits per heavy atom. The van der Waals surface area contributed by atoms with Gasteiger partial charge in [0.05, 0.1) is 0 Å². The average Bonchev–Trinajstić information content (AvgIpc) is 2.47. The number of benzene rings is 1. The number of hydrogen-bond donors (Lipinski definition) is 3. The molecule has 1 aliphatic carbocycles. The summed E-state index contributed by atoms with van der Waals surface area (Å²) in [4.78, 5) is 11.2. The molecule has 2 rings (SSSR count). The standard InChI is InChI=1S/C16H24N2O2/c1-2-12-5-3-6-13(9-12)17-14-7-4-8-15(10-14)18-16(20)11-19/h4,7-8,10,12-13,17,19H,2-3,5-6,9,11H2,1H3,(H,18,20). The number of nitrogens with one attached hydrogen (secondary N) is 2. The molecule has 110 valence electrons. The molecule has 0 saturated heterocycles. The van der Waals surface area contributed by atoms with Crippen molar-refractivity contribution >= 4 is 17.3 Å². The van der Waals surface area contributed by atoms with E-state index >= 15 is 0 Å². The summed E-state index contributed by atoms with van der Waals surface area (Å²) < 4.78 is 0. The average molecular weight is 276 g/mol. The van der Waals surface area contributed by atoms with Crippen LogP contribution < -0.4 is 10.6 Å². The van der Waals surface area contributed by atoms with Crippen LogP contribution in [0.5, 0.6) is 0 Å². The molecule has 1 saturated carbocycles.